The number of carbonyl (C=O) groups excluding carboxylic acids is 1. The molecule has 2 aromatic carbocycles. The fourth-order valence-corrected chi connectivity index (χ4v) is 2.95. The largest absolute Gasteiger partial charge is 0.497 e. The minimum Gasteiger partial charge on any atom is -0.497 e. The van der Waals surface area contributed by atoms with E-state index in [1.807, 2.05) is 23.1 Å². The van der Waals surface area contributed by atoms with E-state index in [0.717, 1.165) is 11.3 Å². The van der Waals surface area contributed by atoms with Crippen molar-refractivity contribution in [3.8, 4) is 11.5 Å². The summed E-state index contributed by atoms with van der Waals surface area (Å²) >= 11 is 0. The number of nitrogens with zero attached hydrogens (tertiary/aromatic N) is 1. The smallest absolute Gasteiger partial charge is 0.337 e. The highest BCUT2D eigenvalue weighted by Crippen LogP contribution is 2.32. The Hall–Kier alpha value is -3.22. The zero-order chi connectivity index (χ0) is 18.7. The van der Waals surface area contributed by atoms with E-state index < -0.39 is 5.97 Å². The van der Waals surface area contributed by atoms with Gasteiger partial charge in [0.25, 0.3) is 0 Å². The summed E-state index contributed by atoms with van der Waals surface area (Å²) in [5.41, 5.74) is 2.12. The van der Waals surface area contributed by atoms with Crippen molar-refractivity contribution in [1.82, 2.24) is 0 Å². The molecule has 1 aliphatic heterocycles. The highest BCUT2D eigenvalue weighted by molar-refractivity contribution is 5.97. The van der Waals surface area contributed by atoms with Crippen molar-refractivity contribution in [2.45, 2.75) is 13.5 Å². The maximum atomic E-state index is 11.7. The van der Waals surface area contributed by atoms with Crippen molar-refractivity contribution in [2.75, 3.05) is 30.5 Å². The first-order valence-corrected chi connectivity index (χ1v) is 8.17. The molecule has 7 heteroatoms. The van der Waals surface area contributed by atoms with Gasteiger partial charge in [0.2, 0.25) is 5.91 Å². The van der Waals surface area contributed by atoms with Crippen LogP contribution in [0.5, 0.6) is 11.5 Å². The average molecular weight is 356 g/mol. The van der Waals surface area contributed by atoms with Crippen LogP contribution in [0.2, 0.25) is 0 Å². The molecule has 0 aliphatic carbocycles. The Bertz CT molecular complexity index is 850. The number of benzene rings is 2. The van der Waals surface area contributed by atoms with E-state index in [4.69, 9.17) is 9.47 Å². The fraction of sp³-hybridized carbons (Fsp3) is 0.263. The summed E-state index contributed by atoms with van der Waals surface area (Å²) in [6.45, 7) is 2.86. The molecule has 1 aliphatic rings. The zero-order valence-electron chi connectivity index (χ0n) is 14.6. The van der Waals surface area contributed by atoms with Gasteiger partial charge in [0.05, 0.1) is 24.9 Å². The molecule has 0 bridgehead atoms. The van der Waals surface area contributed by atoms with Crippen LogP contribution in [0.15, 0.2) is 36.4 Å². The number of ether oxygens (including phenoxy) is 2. The average Bonchev–Trinajstić information content (AvgIpc) is 2.82. The van der Waals surface area contributed by atoms with Gasteiger partial charge >= 0.3 is 5.97 Å². The molecule has 0 unspecified atom stereocenters. The number of hydrogen-bond acceptors (Lipinski definition) is 5. The van der Waals surface area contributed by atoms with Crippen LogP contribution in [0, 0.1) is 0 Å². The third-order valence-corrected chi connectivity index (χ3v) is 4.14. The lowest BCUT2D eigenvalue weighted by molar-refractivity contribution is -0.114. The van der Waals surface area contributed by atoms with Crippen LogP contribution < -0.4 is 19.7 Å². The number of fused-ring (bicyclic) bond motifs is 1. The second-order valence-electron chi connectivity index (χ2n) is 5.96. The van der Waals surface area contributed by atoms with Gasteiger partial charge in [0.15, 0.2) is 0 Å². The Kier molecular flexibility index (Phi) is 4.97. The molecule has 136 valence electrons. The Labute approximate surface area is 151 Å². The van der Waals surface area contributed by atoms with Crippen LogP contribution in [-0.2, 0) is 11.3 Å². The standard InChI is InChI=1S/C19H20N2O5/c1-12(22)20-14-4-6-17(16(9-14)19(23)24)21-7-8-26-18-10-15(25-2)5-3-13(18)11-21/h3-6,9-10H,7-8,11H2,1-2H3,(H,20,22)(H,23,24). The van der Waals surface area contributed by atoms with Crippen LogP contribution >= 0.6 is 0 Å². The van der Waals surface area contributed by atoms with E-state index in [1.165, 1.54) is 13.0 Å². The molecular weight excluding hydrogens is 336 g/mol. The van der Waals surface area contributed by atoms with Crippen molar-refractivity contribution in [3.05, 3.63) is 47.5 Å². The van der Waals surface area contributed by atoms with Crippen molar-refractivity contribution in [3.63, 3.8) is 0 Å². The number of rotatable bonds is 4. The van der Waals surface area contributed by atoms with Gasteiger partial charge in [0, 0.05) is 30.8 Å². The summed E-state index contributed by atoms with van der Waals surface area (Å²) in [5.74, 6) is 0.147. The third-order valence-electron chi connectivity index (χ3n) is 4.14. The summed E-state index contributed by atoms with van der Waals surface area (Å²) in [4.78, 5) is 24.9. The van der Waals surface area contributed by atoms with Crippen molar-refractivity contribution in [2.24, 2.45) is 0 Å². The number of carboxylic acid groups (broad SMARTS) is 1. The number of nitrogens with one attached hydrogen (secondary N) is 1. The van der Waals surface area contributed by atoms with Crippen LogP contribution in [0.1, 0.15) is 22.8 Å². The summed E-state index contributed by atoms with van der Waals surface area (Å²) in [5, 5.41) is 12.2. The summed E-state index contributed by atoms with van der Waals surface area (Å²) in [6.07, 6.45) is 0. The molecule has 26 heavy (non-hydrogen) atoms. The lowest BCUT2D eigenvalue weighted by Crippen LogP contribution is -2.27. The van der Waals surface area contributed by atoms with E-state index in [9.17, 15) is 14.7 Å². The molecule has 0 fully saturated rings. The molecule has 3 rings (SSSR count). The maximum Gasteiger partial charge on any atom is 0.337 e. The van der Waals surface area contributed by atoms with Gasteiger partial charge < -0.3 is 24.8 Å². The molecule has 0 atom stereocenters. The van der Waals surface area contributed by atoms with E-state index in [1.54, 1.807) is 19.2 Å². The Morgan fingerprint density at radius 2 is 2.04 bits per heavy atom. The number of amides is 1. The summed E-state index contributed by atoms with van der Waals surface area (Å²) in [7, 11) is 1.60. The van der Waals surface area contributed by atoms with Crippen LogP contribution in [0.3, 0.4) is 0 Å². The summed E-state index contributed by atoms with van der Waals surface area (Å²) in [6, 6.07) is 10.5. The molecule has 0 saturated heterocycles. The fourth-order valence-electron chi connectivity index (χ4n) is 2.95. The number of carbonyl (C=O) groups is 2. The van der Waals surface area contributed by atoms with Crippen LogP contribution in [0.25, 0.3) is 0 Å². The molecule has 2 N–H and O–H groups in total. The Morgan fingerprint density at radius 1 is 1.23 bits per heavy atom. The van der Waals surface area contributed by atoms with Crippen LogP contribution in [0.4, 0.5) is 11.4 Å². The number of aromatic carboxylic acids is 1. The van der Waals surface area contributed by atoms with E-state index in [0.29, 0.717) is 36.8 Å². The van der Waals surface area contributed by atoms with E-state index in [2.05, 4.69) is 5.32 Å². The van der Waals surface area contributed by atoms with Gasteiger partial charge in [0.1, 0.15) is 18.1 Å². The molecule has 1 heterocycles. The predicted molar refractivity (Wildman–Crippen MR) is 97.2 cm³/mol. The second-order valence-corrected chi connectivity index (χ2v) is 5.96. The second kappa shape index (κ2) is 7.35. The first-order chi connectivity index (χ1) is 12.5. The third kappa shape index (κ3) is 3.72. The first-order valence-electron chi connectivity index (χ1n) is 8.17. The molecular formula is C19H20N2O5. The van der Waals surface area contributed by atoms with E-state index in [-0.39, 0.29) is 11.5 Å². The minimum absolute atomic E-state index is 0.133. The zero-order valence-corrected chi connectivity index (χ0v) is 14.6. The highest BCUT2D eigenvalue weighted by Gasteiger charge is 2.21. The molecule has 2 aromatic rings. The lowest BCUT2D eigenvalue weighted by atomic mass is 10.1. The van der Waals surface area contributed by atoms with Crippen molar-refractivity contribution in [1.29, 1.82) is 0 Å². The SMILES string of the molecule is COc1ccc2c(c1)OCCN(c1ccc(NC(C)=O)cc1C(=O)O)C2. The highest BCUT2D eigenvalue weighted by atomic mass is 16.5. The van der Waals surface area contributed by atoms with Crippen molar-refractivity contribution < 1.29 is 24.2 Å². The van der Waals surface area contributed by atoms with Crippen LogP contribution in [-0.4, -0.2) is 37.2 Å². The molecule has 7 nitrogen and oxygen atoms in total. The molecule has 0 spiro atoms. The molecule has 0 aromatic heterocycles. The lowest BCUT2D eigenvalue weighted by Gasteiger charge is -2.24. The summed E-state index contributed by atoms with van der Waals surface area (Å²) < 4.78 is 11.0. The Balaban J connectivity index is 1.94. The van der Waals surface area contributed by atoms with Crippen molar-refractivity contribution >= 4 is 23.3 Å². The molecule has 0 radical (unpaired) electrons. The maximum absolute atomic E-state index is 11.7. The number of anilines is 2. The quantitative estimate of drug-likeness (QED) is 0.876. The van der Waals surface area contributed by atoms with Gasteiger partial charge in [-0.2, -0.15) is 0 Å². The minimum atomic E-state index is -1.05. The van der Waals surface area contributed by atoms with Gasteiger partial charge in [-0.05, 0) is 30.3 Å². The number of methoxy groups -OCH3 is 1. The first kappa shape index (κ1) is 17.6. The monoisotopic (exact) mass is 356 g/mol. The van der Waals surface area contributed by atoms with E-state index >= 15 is 0 Å². The number of hydrogen-bond donors (Lipinski definition) is 2. The van der Waals surface area contributed by atoms with Gasteiger partial charge in [-0.1, -0.05) is 0 Å². The Morgan fingerprint density at radius 3 is 2.73 bits per heavy atom. The van der Waals surface area contributed by atoms with Gasteiger partial charge in [-0.25, -0.2) is 4.79 Å². The topological polar surface area (TPSA) is 88.1 Å². The normalized spacial score (nSPS) is 13.2. The predicted octanol–water partition coefficient (Wildman–Crippen LogP) is 2.75. The molecule has 1 amide bonds. The van der Waals surface area contributed by atoms with Gasteiger partial charge in [-0.15, -0.1) is 0 Å². The van der Waals surface area contributed by atoms with Gasteiger partial charge in [-0.3, -0.25) is 4.79 Å². The number of carboxylic acids is 1. The molecule has 0 saturated carbocycles.